The van der Waals surface area contributed by atoms with Gasteiger partial charge in [0.1, 0.15) is 5.75 Å². The predicted molar refractivity (Wildman–Crippen MR) is 103 cm³/mol. The Morgan fingerprint density at radius 1 is 1.08 bits per heavy atom. The van der Waals surface area contributed by atoms with Crippen molar-refractivity contribution in [3.63, 3.8) is 0 Å². The standard InChI is InChI=1S/C19H18ClN3OS/c1-2-12-23-18(15-8-4-3-5-9-15)21-22-19(23)25-14-13-24-17-11-7-6-10-16(17)20/h2-11H,1,12-14H2. The average molecular weight is 372 g/mol. The highest BCUT2D eigenvalue weighted by atomic mass is 35.5. The molecule has 0 aliphatic carbocycles. The van der Waals surface area contributed by atoms with Crippen LogP contribution in [0.15, 0.2) is 72.4 Å². The van der Waals surface area contributed by atoms with E-state index in [2.05, 4.69) is 21.3 Å². The molecule has 0 atom stereocenters. The first-order valence-corrected chi connectivity index (χ1v) is 9.25. The van der Waals surface area contributed by atoms with Crippen molar-refractivity contribution in [1.82, 2.24) is 14.8 Å². The first-order valence-electron chi connectivity index (χ1n) is 7.89. The summed E-state index contributed by atoms with van der Waals surface area (Å²) in [4.78, 5) is 0. The van der Waals surface area contributed by atoms with E-state index < -0.39 is 0 Å². The molecule has 0 saturated heterocycles. The summed E-state index contributed by atoms with van der Waals surface area (Å²) in [6.45, 7) is 5.03. The van der Waals surface area contributed by atoms with E-state index in [-0.39, 0.29) is 0 Å². The molecule has 2 aromatic carbocycles. The van der Waals surface area contributed by atoms with Gasteiger partial charge in [0.2, 0.25) is 0 Å². The summed E-state index contributed by atoms with van der Waals surface area (Å²) in [6, 6.07) is 17.5. The van der Waals surface area contributed by atoms with Crippen LogP contribution in [0.3, 0.4) is 0 Å². The molecule has 3 aromatic rings. The van der Waals surface area contributed by atoms with E-state index in [0.717, 1.165) is 22.3 Å². The van der Waals surface area contributed by atoms with Gasteiger partial charge >= 0.3 is 0 Å². The molecular weight excluding hydrogens is 354 g/mol. The molecule has 0 radical (unpaired) electrons. The number of thioether (sulfide) groups is 1. The molecule has 0 aliphatic rings. The zero-order valence-electron chi connectivity index (χ0n) is 13.6. The second-order valence-electron chi connectivity index (χ2n) is 5.20. The number of ether oxygens (including phenoxy) is 1. The maximum Gasteiger partial charge on any atom is 0.191 e. The zero-order chi connectivity index (χ0) is 17.5. The van der Waals surface area contributed by atoms with Crippen LogP contribution in [0.2, 0.25) is 5.02 Å². The minimum atomic E-state index is 0.538. The smallest absolute Gasteiger partial charge is 0.191 e. The molecule has 0 spiro atoms. The first-order chi connectivity index (χ1) is 12.3. The van der Waals surface area contributed by atoms with Crippen molar-refractivity contribution in [3.05, 3.63) is 72.3 Å². The number of para-hydroxylation sites is 1. The van der Waals surface area contributed by atoms with Crippen molar-refractivity contribution in [1.29, 1.82) is 0 Å². The lowest BCUT2D eigenvalue weighted by atomic mass is 10.2. The summed E-state index contributed by atoms with van der Waals surface area (Å²) >= 11 is 7.69. The molecule has 6 heteroatoms. The summed E-state index contributed by atoms with van der Waals surface area (Å²) < 4.78 is 7.78. The highest BCUT2D eigenvalue weighted by Crippen LogP contribution is 2.25. The van der Waals surface area contributed by atoms with Gasteiger partial charge in [-0.25, -0.2) is 0 Å². The molecule has 4 nitrogen and oxygen atoms in total. The van der Waals surface area contributed by atoms with Gasteiger partial charge < -0.3 is 4.74 Å². The highest BCUT2D eigenvalue weighted by molar-refractivity contribution is 7.99. The highest BCUT2D eigenvalue weighted by Gasteiger charge is 2.13. The number of nitrogens with zero attached hydrogens (tertiary/aromatic N) is 3. The average Bonchev–Trinajstić information content (AvgIpc) is 3.04. The van der Waals surface area contributed by atoms with E-state index in [1.54, 1.807) is 11.8 Å². The van der Waals surface area contributed by atoms with Crippen molar-refractivity contribution < 1.29 is 4.74 Å². The molecule has 1 heterocycles. The molecule has 0 aliphatic heterocycles. The quantitative estimate of drug-likeness (QED) is 0.319. The summed E-state index contributed by atoms with van der Waals surface area (Å²) in [5.74, 6) is 2.28. The van der Waals surface area contributed by atoms with Crippen molar-refractivity contribution in [2.24, 2.45) is 0 Å². The van der Waals surface area contributed by atoms with Crippen LogP contribution in [-0.2, 0) is 6.54 Å². The van der Waals surface area contributed by atoms with Crippen LogP contribution in [0.4, 0.5) is 0 Å². The van der Waals surface area contributed by atoms with Crippen molar-refractivity contribution in [2.75, 3.05) is 12.4 Å². The fourth-order valence-corrected chi connectivity index (χ4v) is 3.29. The maximum atomic E-state index is 6.09. The molecule has 3 rings (SSSR count). The number of hydrogen-bond donors (Lipinski definition) is 0. The fourth-order valence-electron chi connectivity index (χ4n) is 2.34. The van der Waals surface area contributed by atoms with Crippen LogP contribution in [0.5, 0.6) is 5.75 Å². The Hall–Kier alpha value is -2.24. The van der Waals surface area contributed by atoms with Crippen LogP contribution in [0.25, 0.3) is 11.4 Å². The topological polar surface area (TPSA) is 39.9 Å². The SMILES string of the molecule is C=CCn1c(SCCOc2ccccc2Cl)nnc1-c1ccccc1. The van der Waals surface area contributed by atoms with Crippen LogP contribution in [0, 0.1) is 0 Å². The molecule has 0 N–H and O–H groups in total. The monoisotopic (exact) mass is 371 g/mol. The fraction of sp³-hybridized carbons (Fsp3) is 0.158. The number of allylic oxidation sites excluding steroid dienone is 1. The molecule has 0 unspecified atom stereocenters. The lowest BCUT2D eigenvalue weighted by Gasteiger charge is -2.09. The number of benzene rings is 2. The lowest BCUT2D eigenvalue weighted by molar-refractivity contribution is 0.344. The van der Waals surface area contributed by atoms with Gasteiger partial charge in [0, 0.05) is 17.9 Å². The van der Waals surface area contributed by atoms with E-state index in [1.807, 2.05) is 60.7 Å². The van der Waals surface area contributed by atoms with E-state index >= 15 is 0 Å². The molecule has 128 valence electrons. The van der Waals surface area contributed by atoms with Gasteiger partial charge in [-0.1, -0.05) is 71.9 Å². The molecule has 0 saturated carbocycles. The van der Waals surface area contributed by atoms with Gasteiger partial charge in [0.05, 0.1) is 11.6 Å². The lowest BCUT2D eigenvalue weighted by Crippen LogP contribution is -2.04. The number of aromatic nitrogens is 3. The minimum absolute atomic E-state index is 0.538. The van der Waals surface area contributed by atoms with Gasteiger partial charge in [-0.05, 0) is 12.1 Å². The normalized spacial score (nSPS) is 10.6. The molecular formula is C19H18ClN3OS. The summed E-state index contributed by atoms with van der Waals surface area (Å²) in [6.07, 6.45) is 1.85. The van der Waals surface area contributed by atoms with E-state index in [1.165, 1.54) is 0 Å². The van der Waals surface area contributed by atoms with Crippen LogP contribution in [-0.4, -0.2) is 27.1 Å². The summed E-state index contributed by atoms with van der Waals surface area (Å²) in [5, 5.41) is 10.1. The van der Waals surface area contributed by atoms with E-state index in [0.29, 0.717) is 23.9 Å². The molecule has 0 fully saturated rings. The molecule has 0 amide bonds. The van der Waals surface area contributed by atoms with Crippen LogP contribution < -0.4 is 4.74 Å². The minimum Gasteiger partial charge on any atom is -0.491 e. The van der Waals surface area contributed by atoms with E-state index in [4.69, 9.17) is 16.3 Å². The van der Waals surface area contributed by atoms with Gasteiger partial charge in [-0.15, -0.1) is 16.8 Å². The number of rotatable bonds is 8. The predicted octanol–water partition coefficient (Wildman–Crippen LogP) is 4.96. The second kappa shape index (κ2) is 8.74. The third-order valence-corrected chi connectivity index (χ3v) is 4.71. The van der Waals surface area contributed by atoms with Crippen molar-refractivity contribution in [3.8, 4) is 17.1 Å². The van der Waals surface area contributed by atoms with Gasteiger partial charge in [0.25, 0.3) is 0 Å². The Labute approximate surface area is 156 Å². The number of hydrogen-bond acceptors (Lipinski definition) is 4. The second-order valence-corrected chi connectivity index (χ2v) is 6.67. The van der Waals surface area contributed by atoms with Crippen LogP contribution >= 0.6 is 23.4 Å². The van der Waals surface area contributed by atoms with Crippen molar-refractivity contribution >= 4 is 23.4 Å². The Bertz CT molecular complexity index is 836. The summed E-state index contributed by atoms with van der Waals surface area (Å²) in [7, 11) is 0. The van der Waals surface area contributed by atoms with E-state index in [9.17, 15) is 0 Å². The van der Waals surface area contributed by atoms with Crippen molar-refractivity contribution in [2.45, 2.75) is 11.7 Å². The third kappa shape index (κ3) is 4.44. The first kappa shape index (κ1) is 17.6. The maximum absolute atomic E-state index is 6.09. The zero-order valence-corrected chi connectivity index (χ0v) is 15.2. The van der Waals surface area contributed by atoms with Gasteiger partial charge in [0.15, 0.2) is 11.0 Å². The van der Waals surface area contributed by atoms with Gasteiger partial charge in [-0.2, -0.15) is 0 Å². The Kier molecular flexibility index (Phi) is 6.14. The molecule has 0 bridgehead atoms. The number of halogens is 1. The van der Waals surface area contributed by atoms with Gasteiger partial charge in [-0.3, -0.25) is 4.57 Å². The Balaban J connectivity index is 1.65. The van der Waals surface area contributed by atoms with Crippen LogP contribution in [0.1, 0.15) is 0 Å². The largest absolute Gasteiger partial charge is 0.491 e. The summed E-state index contributed by atoms with van der Waals surface area (Å²) in [5.41, 5.74) is 1.04. The Morgan fingerprint density at radius 3 is 2.60 bits per heavy atom. The molecule has 1 aromatic heterocycles. The third-order valence-electron chi connectivity index (χ3n) is 3.47. The Morgan fingerprint density at radius 2 is 1.84 bits per heavy atom. The molecule has 25 heavy (non-hydrogen) atoms.